The topological polar surface area (TPSA) is 26.3 Å². The molecule has 0 bridgehead atoms. The Morgan fingerprint density at radius 1 is 1.19 bits per heavy atom. The van der Waals surface area contributed by atoms with Crippen molar-refractivity contribution < 1.29 is 9.53 Å². The zero-order chi connectivity index (χ0) is 11.5. The van der Waals surface area contributed by atoms with Gasteiger partial charge in [0.25, 0.3) is 5.24 Å². The van der Waals surface area contributed by atoms with Crippen molar-refractivity contribution in [1.82, 2.24) is 0 Å². The van der Waals surface area contributed by atoms with Gasteiger partial charge in [0.2, 0.25) is 0 Å². The number of aryl methyl sites for hydroxylation is 1. The minimum Gasteiger partial charge on any atom is -0.484 e. The molecule has 0 aliphatic heterocycles. The fourth-order valence-corrected chi connectivity index (χ4v) is 1.63. The Morgan fingerprint density at radius 2 is 1.94 bits per heavy atom. The molecule has 82 valence electrons. The Kier molecular flexibility index (Phi) is 3.11. The number of rotatable bonds is 3. The molecular weight excluding hydrogens is 224 g/mol. The summed E-state index contributed by atoms with van der Waals surface area (Å²) in [6.45, 7) is 1.94. The highest BCUT2D eigenvalue weighted by molar-refractivity contribution is 6.63. The molecule has 0 amide bonds. The molecule has 0 saturated carbocycles. The molecule has 2 nitrogen and oxygen atoms in total. The lowest BCUT2D eigenvalue weighted by Crippen LogP contribution is -2.04. The Morgan fingerprint density at radius 3 is 2.69 bits per heavy atom. The van der Waals surface area contributed by atoms with Crippen LogP contribution in [0.1, 0.15) is 5.56 Å². The van der Waals surface area contributed by atoms with Crippen LogP contribution in [-0.2, 0) is 4.79 Å². The van der Waals surface area contributed by atoms with Crippen molar-refractivity contribution in [2.24, 2.45) is 0 Å². The molecule has 0 heterocycles. The maximum atomic E-state index is 10.6. The van der Waals surface area contributed by atoms with E-state index in [-0.39, 0.29) is 6.61 Å². The lowest BCUT2D eigenvalue weighted by molar-refractivity contribution is -0.113. The van der Waals surface area contributed by atoms with Gasteiger partial charge >= 0.3 is 0 Å². The lowest BCUT2D eigenvalue weighted by atomic mass is 10.1. The van der Waals surface area contributed by atoms with E-state index in [4.69, 9.17) is 16.3 Å². The molecule has 0 aromatic heterocycles. The maximum Gasteiger partial charge on any atom is 0.259 e. The summed E-state index contributed by atoms with van der Waals surface area (Å²) in [5.41, 5.74) is 1.19. The van der Waals surface area contributed by atoms with Crippen LogP contribution >= 0.6 is 11.6 Å². The minimum atomic E-state index is -0.496. The van der Waals surface area contributed by atoms with Crippen molar-refractivity contribution in [2.45, 2.75) is 6.92 Å². The number of hydrogen-bond donors (Lipinski definition) is 0. The third-order valence-corrected chi connectivity index (χ3v) is 2.43. The van der Waals surface area contributed by atoms with Gasteiger partial charge in [0.15, 0.2) is 6.61 Å². The molecule has 3 heteroatoms. The maximum absolute atomic E-state index is 10.6. The molecule has 0 fully saturated rings. The fraction of sp³-hybridized carbons (Fsp3) is 0.154. The van der Waals surface area contributed by atoms with Crippen molar-refractivity contribution in [3.8, 4) is 5.75 Å². The lowest BCUT2D eigenvalue weighted by Gasteiger charge is -2.05. The van der Waals surface area contributed by atoms with Crippen LogP contribution in [0.3, 0.4) is 0 Å². The summed E-state index contributed by atoms with van der Waals surface area (Å²) in [5.74, 6) is 0.659. The number of fused-ring (bicyclic) bond motifs is 1. The van der Waals surface area contributed by atoms with Crippen molar-refractivity contribution in [1.29, 1.82) is 0 Å². The highest BCUT2D eigenvalue weighted by Crippen LogP contribution is 2.21. The van der Waals surface area contributed by atoms with Gasteiger partial charge in [-0.05, 0) is 41.4 Å². The van der Waals surface area contributed by atoms with Gasteiger partial charge in [-0.25, -0.2) is 0 Å². The van der Waals surface area contributed by atoms with Crippen molar-refractivity contribution >= 4 is 27.6 Å². The zero-order valence-corrected chi connectivity index (χ0v) is 9.62. The normalized spacial score (nSPS) is 10.4. The average molecular weight is 235 g/mol. The van der Waals surface area contributed by atoms with Gasteiger partial charge in [-0.15, -0.1) is 0 Å². The van der Waals surface area contributed by atoms with Crippen LogP contribution in [0.2, 0.25) is 0 Å². The molecule has 0 saturated heterocycles. The second kappa shape index (κ2) is 4.54. The first-order valence-electron chi connectivity index (χ1n) is 4.97. The van der Waals surface area contributed by atoms with Gasteiger partial charge in [-0.3, -0.25) is 4.79 Å². The van der Waals surface area contributed by atoms with E-state index in [0.717, 1.165) is 10.8 Å². The van der Waals surface area contributed by atoms with Gasteiger partial charge < -0.3 is 4.74 Å². The Labute approximate surface area is 98.8 Å². The van der Waals surface area contributed by atoms with Crippen LogP contribution in [0.5, 0.6) is 5.75 Å². The molecule has 0 aliphatic carbocycles. The van der Waals surface area contributed by atoms with Gasteiger partial charge in [0.05, 0.1) is 0 Å². The molecule has 0 unspecified atom stereocenters. The second-order valence-corrected chi connectivity index (χ2v) is 4.08. The number of hydrogen-bond acceptors (Lipinski definition) is 2. The van der Waals surface area contributed by atoms with Crippen LogP contribution in [0.25, 0.3) is 10.8 Å². The summed E-state index contributed by atoms with van der Waals surface area (Å²) in [6, 6.07) is 11.9. The van der Waals surface area contributed by atoms with E-state index in [9.17, 15) is 4.79 Å². The third-order valence-electron chi connectivity index (χ3n) is 2.32. The van der Waals surface area contributed by atoms with E-state index in [1.807, 2.05) is 25.1 Å². The summed E-state index contributed by atoms with van der Waals surface area (Å²) in [4.78, 5) is 10.6. The number of benzene rings is 2. The predicted octanol–water partition coefficient (Wildman–Crippen LogP) is 3.29. The molecule has 0 aliphatic rings. The summed E-state index contributed by atoms with van der Waals surface area (Å²) >= 11 is 5.21. The van der Waals surface area contributed by atoms with E-state index >= 15 is 0 Å². The SMILES string of the molecule is Cc1ccc2ccc(OCC(=O)Cl)cc2c1. The van der Waals surface area contributed by atoms with Gasteiger partial charge in [0.1, 0.15) is 5.75 Å². The molecule has 0 N–H and O–H groups in total. The summed E-state index contributed by atoms with van der Waals surface area (Å²) in [7, 11) is 0. The molecular formula is C13H11ClO2. The van der Waals surface area contributed by atoms with Crippen LogP contribution < -0.4 is 4.74 Å². The summed E-state index contributed by atoms with van der Waals surface area (Å²) in [5, 5.41) is 1.75. The van der Waals surface area contributed by atoms with Gasteiger partial charge in [-0.1, -0.05) is 29.8 Å². The third kappa shape index (κ3) is 2.52. The number of carbonyl (C=O) groups is 1. The number of ether oxygens (including phenoxy) is 1. The van der Waals surface area contributed by atoms with Crippen LogP contribution in [0, 0.1) is 6.92 Å². The van der Waals surface area contributed by atoms with Crippen LogP contribution in [0.4, 0.5) is 0 Å². The Hall–Kier alpha value is -1.54. The molecule has 2 rings (SSSR count). The molecule has 2 aromatic carbocycles. The smallest absolute Gasteiger partial charge is 0.259 e. The standard InChI is InChI=1S/C13H11ClO2/c1-9-2-3-10-4-5-12(7-11(10)6-9)16-8-13(14)15/h2-7H,8H2,1H3. The van der Waals surface area contributed by atoms with Crippen LogP contribution in [-0.4, -0.2) is 11.8 Å². The van der Waals surface area contributed by atoms with E-state index in [1.165, 1.54) is 5.56 Å². The quantitative estimate of drug-likeness (QED) is 0.762. The number of halogens is 1. The minimum absolute atomic E-state index is 0.0983. The summed E-state index contributed by atoms with van der Waals surface area (Å²) in [6.07, 6.45) is 0. The van der Waals surface area contributed by atoms with Crippen molar-refractivity contribution in [2.75, 3.05) is 6.61 Å². The fourth-order valence-electron chi connectivity index (χ4n) is 1.57. The van der Waals surface area contributed by atoms with Gasteiger partial charge in [-0.2, -0.15) is 0 Å². The highest BCUT2D eigenvalue weighted by atomic mass is 35.5. The first-order valence-corrected chi connectivity index (χ1v) is 5.34. The van der Waals surface area contributed by atoms with E-state index in [0.29, 0.717) is 5.75 Å². The van der Waals surface area contributed by atoms with E-state index < -0.39 is 5.24 Å². The highest BCUT2D eigenvalue weighted by Gasteiger charge is 2.00. The van der Waals surface area contributed by atoms with Gasteiger partial charge in [0, 0.05) is 0 Å². The first kappa shape index (κ1) is 11.0. The van der Waals surface area contributed by atoms with Crippen LogP contribution in [0.15, 0.2) is 36.4 Å². The average Bonchev–Trinajstić information content (AvgIpc) is 2.25. The summed E-state index contributed by atoms with van der Waals surface area (Å²) < 4.78 is 5.23. The monoisotopic (exact) mass is 234 g/mol. The van der Waals surface area contributed by atoms with Crippen molar-refractivity contribution in [3.63, 3.8) is 0 Å². The van der Waals surface area contributed by atoms with E-state index in [1.54, 1.807) is 0 Å². The second-order valence-electron chi connectivity index (χ2n) is 3.66. The molecule has 0 atom stereocenters. The molecule has 0 radical (unpaired) electrons. The molecule has 16 heavy (non-hydrogen) atoms. The Balaban J connectivity index is 2.31. The van der Waals surface area contributed by atoms with Crippen molar-refractivity contribution in [3.05, 3.63) is 42.0 Å². The largest absolute Gasteiger partial charge is 0.484 e. The van der Waals surface area contributed by atoms with E-state index in [2.05, 4.69) is 18.2 Å². The number of carbonyl (C=O) groups excluding carboxylic acids is 1. The molecule has 2 aromatic rings. The molecule has 0 spiro atoms. The predicted molar refractivity (Wildman–Crippen MR) is 65.0 cm³/mol. The zero-order valence-electron chi connectivity index (χ0n) is 8.87. The first-order chi connectivity index (χ1) is 7.65. The Bertz CT molecular complexity index is 534.